The molecular formula is C25H30N4O10. The zero-order chi connectivity index (χ0) is 29.3. The van der Waals surface area contributed by atoms with Crippen molar-refractivity contribution in [2.24, 2.45) is 0 Å². The highest BCUT2D eigenvalue weighted by molar-refractivity contribution is 6.29. The van der Waals surface area contributed by atoms with Crippen LogP contribution in [0.2, 0.25) is 0 Å². The minimum atomic E-state index is -1.44. The van der Waals surface area contributed by atoms with Gasteiger partial charge in [0.05, 0.1) is 0 Å². The lowest BCUT2D eigenvalue weighted by molar-refractivity contribution is -0.144. The Morgan fingerprint density at radius 3 is 1.95 bits per heavy atom. The number of rotatable bonds is 13. The molecule has 0 aliphatic carbocycles. The van der Waals surface area contributed by atoms with Gasteiger partial charge >= 0.3 is 23.7 Å². The fourth-order valence-corrected chi connectivity index (χ4v) is 3.65. The van der Waals surface area contributed by atoms with Gasteiger partial charge in [0.2, 0.25) is 5.88 Å². The van der Waals surface area contributed by atoms with Gasteiger partial charge in [0.25, 0.3) is 17.4 Å². The molecule has 210 valence electrons. The molecule has 0 spiro atoms. The zero-order valence-corrected chi connectivity index (χ0v) is 21.5. The molecular weight excluding hydrogens is 516 g/mol. The maximum Gasteiger partial charge on any atom is 0.334 e. The normalized spacial score (nSPS) is 15.3. The highest BCUT2D eigenvalue weighted by Gasteiger charge is 2.42. The van der Waals surface area contributed by atoms with Crippen molar-refractivity contribution in [3.05, 3.63) is 56.3 Å². The van der Waals surface area contributed by atoms with Crippen LogP contribution in [-0.4, -0.2) is 77.1 Å². The fourth-order valence-electron chi connectivity index (χ4n) is 3.65. The number of carboxylic acid groups (broad SMARTS) is 2. The molecule has 0 bridgehead atoms. The number of carboxylic acids is 2. The summed E-state index contributed by atoms with van der Waals surface area (Å²) in [5.41, 5.74) is -2.59. The number of carbonyl (C=O) groups is 5. The Morgan fingerprint density at radius 1 is 0.769 bits per heavy atom. The van der Waals surface area contributed by atoms with Gasteiger partial charge in [-0.25, -0.2) is 14.5 Å². The summed E-state index contributed by atoms with van der Waals surface area (Å²) < 4.78 is 1.39. The summed E-state index contributed by atoms with van der Waals surface area (Å²) in [6.45, 7) is 1.88. The van der Waals surface area contributed by atoms with E-state index in [1.807, 2.05) is 13.8 Å². The first-order valence-corrected chi connectivity index (χ1v) is 12.2. The second kappa shape index (κ2) is 13.7. The van der Waals surface area contributed by atoms with Gasteiger partial charge in [0.1, 0.15) is 24.2 Å². The SMILES string of the molecule is CCCCN1C(=O)C(=CC=CC=Cc2c(O)n(CC(=O)O)c(=O)n(CCCC)c2=O)C(=O)N(CC(=O)O)C1=O. The quantitative estimate of drug-likeness (QED) is 0.180. The van der Waals surface area contributed by atoms with Gasteiger partial charge in [-0.1, -0.05) is 44.9 Å². The Balaban J connectivity index is 2.44. The summed E-state index contributed by atoms with van der Waals surface area (Å²) in [5, 5.41) is 28.6. The second-order valence-electron chi connectivity index (χ2n) is 8.51. The van der Waals surface area contributed by atoms with E-state index in [2.05, 4.69) is 0 Å². The number of amides is 4. The molecule has 1 fully saturated rings. The number of carbonyl (C=O) groups excluding carboxylic acids is 3. The smallest absolute Gasteiger partial charge is 0.334 e. The van der Waals surface area contributed by atoms with Crippen molar-refractivity contribution < 1.29 is 39.3 Å². The summed E-state index contributed by atoms with van der Waals surface area (Å²) in [7, 11) is 0. The maximum atomic E-state index is 12.8. The van der Waals surface area contributed by atoms with Crippen molar-refractivity contribution >= 4 is 35.9 Å². The van der Waals surface area contributed by atoms with Crippen LogP contribution in [0.15, 0.2) is 39.5 Å². The molecule has 1 saturated heterocycles. The molecule has 0 aromatic carbocycles. The number of aliphatic carboxylic acids is 2. The van der Waals surface area contributed by atoms with Gasteiger partial charge in [-0.15, -0.1) is 0 Å². The number of unbranched alkanes of at least 4 members (excludes halogenated alkanes) is 2. The molecule has 0 radical (unpaired) electrons. The number of allylic oxidation sites excluding steroid dienone is 4. The van der Waals surface area contributed by atoms with E-state index in [0.29, 0.717) is 35.2 Å². The third-order valence-electron chi connectivity index (χ3n) is 5.65. The van der Waals surface area contributed by atoms with Gasteiger partial charge < -0.3 is 15.3 Å². The van der Waals surface area contributed by atoms with Crippen LogP contribution in [0, 0.1) is 0 Å². The van der Waals surface area contributed by atoms with Crippen LogP contribution in [0.4, 0.5) is 4.79 Å². The summed E-state index contributed by atoms with van der Waals surface area (Å²) in [6, 6.07) is -1.02. The van der Waals surface area contributed by atoms with E-state index in [4.69, 9.17) is 10.2 Å². The monoisotopic (exact) mass is 546 g/mol. The Kier molecular flexibility index (Phi) is 10.7. The Labute approximate surface area is 222 Å². The summed E-state index contributed by atoms with van der Waals surface area (Å²) in [6.07, 6.45) is 8.17. The maximum absolute atomic E-state index is 12.8. The van der Waals surface area contributed by atoms with Gasteiger partial charge in [0.15, 0.2) is 0 Å². The van der Waals surface area contributed by atoms with E-state index in [9.17, 15) is 38.7 Å². The van der Waals surface area contributed by atoms with Crippen molar-refractivity contribution in [3.63, 3.8) is 0 Å². The third-order valence-corrected chi connectivity index (χ3v) is 5.65. The van der Waals surface area contributed by atoms with Gasteiger partial charge in [-0.3, -0.25) is 38.0 Å². The molecule has 14 heteroatoms. The van der Waals surface area contributed by atoms with Crippen LogP contribution < -0.4 is 11.2 Å². The van der Waals surface area contributed by atoms with Crippen LogP contribution >= 0.6 is 0 Å². The molecule has 1 aromatic heterocycles. The third kappa shape index (κ3) is 7.18. The summed E-state index contributed by atoms with van der Waals surface area (Å²) >= 11 is 0. The van der Waals surface area contributed by atoms with E-state index in [1.165, 1.54) is 18.2 Å². The standard InChI is InChI=1S/C25H30N4O10/c1-3-5-12-26-20(34)16(22(36)28(24(26)38)14-18(30)31)10-8-7-9-11-17-21(35)27(13-6-4-2)25(39)29(23(17)37)15-19(32)33/h7-11,36H,3-6,12-15H2,1-2H3,(H,30,31)(H,32,33). The van der Waals surface area contributed by atoms with Crippen molar-refractivity contribution in [1.29, 1.82) is 0 Å². The first-order chi connectivity index (χ1) is 18.5. The van der Waals surface area contributed by atoms with E-state index >= 15 is 0 Å². The lowest BCUT2D eigenvalue weighted by Crippen LogP contribution is -2.57. The average Bonchev–Trinajstić information content (AvgIpc) is 2.87. The largest absolute Gasteiger partial charge is 0.494 e. The van der Waals surface area contributed by atoms with Crippen LogP contribution in [0.25, 0.3) is 6.08 Å². The zero-order valence-electron chi connectivity index (χ0n) is 21.5. The highest BCUT2D eigenvalue weighted by Crippen LogP contribution is 2.19. The van der Waals surface area contributed by atoms with Crippen LogP contribution in [0.5, 0.6) is 5.88 Å². The van der Waals surface area contributed by atoms with E-state index < -0.39 is 65.6 Å². The van der Waals surface area contributed by atoms with Gasteiger partial charge in [0, 0.05) is 13.1 Å². The number of aromatic nitrogens is 2. The predicted octanol–water partition coefficient (Wildman–Crippen LogP) is 0.772. The molecule has 2 rings (SSSR count). The molecule has 0 atom stereocenters. The number of nitrogens with zero attached hydrogens (tertiary/aromatic N) is 4. The number of hydrogen-bond donors (Lipinski definition) is 3. The van der Waals surface area contributed by atoms with Crippen molar-refractivity contribution in [1.82, 2.24) is 18.9 Å². The Morgan fingerprint density at radius 2 is 1.36 bits per heavy atom. The molecule has 1 aromatic rings. The molecule has 3 N–H and O–H groups in total. The van der Waals surface area contributed by atoms with Crippen LogP contribution in [0.1, 0.15) is 45.1 Å². The minimum Gasteiger partial charge on any atom is -0.494 e. The summed E-state index contributed by atoms with van der Waals surface area (Å²) in [4.78, 5) is 86.9. The minimum absolute atomic E-state index is 0.00579. The Hall–Kier alpha value is -4.75. The molecule has 39 heavy (non-hydrogen) atoms. The van der Waals surface area contributed by atoms with Crippen molar-refractivity contribution in [2.75, 3.05) is 13.1 Å². The predicted molar refractivity (Wildman–Crippen MR) is 137 cm³/mol. The molecule has 0 unspecified atom stereocenters. The van der Waals surface area contributed by atoms with Crippen LogP contribution in [0.3, 0.4) is 0 Å². The lowest BCUT2D eigenvalue weighted by atomic mass is 10.1. The van der Waals surface area contributed by atoms with Crippen molar-refractivity contribution in [3.8, 4) is 5.88 Å². The molecule has 1 aliphatic heterocycles. The average molecular weight is 547 g/mol. The van der Waals surface area contributed by atoms with Crippen molar-refractivity contribution in [2.45, 2.75) is 52.6 Å². The number of urea groups is 1. The number of barbiturate groups is 1. The number of hydrogen-bond acceptors (Lipinski definition) is 8. The topological polar surface area (TPSA) is 197 Å². The lowest BCUT2D eigenvalue weighted by Gasteiger charge is -2.32. The molecule has 1 aliphatic rings. The van der Waals surface area contributed by atoms with Gasteiger partial charge in [-0.05, 0) is 25.0 Å². The van der Waals surface area contributed by atoms with E-state index in [1.54, 1.807) is 0 Å². The molecule has 4 amide bonds. The van der Waals surface area contributed by atoms with E-state index in [0.717, 1.165) is 21.6 Å². The first kappa shape index (κ1) is 30.5. The molecule has 14 nitrogen and oxygen atoms in total. The second-order valence-corrected chi connectivity index (χ2v) is 8.51. The molecule has 2 heterocycles. The first-order valence-electron chi connectivity index (χ1n) is 12.2. The molecule has 0 saturated carbocycles. The van der Waals surface area contributed by atoms with E-state index in [-0.39, 0.29) is 18.7 Å². The Bertz CT molecular complexity index is 1370. The number of aromatic hydroxyl groups is 1. The summed E-state index contributed by atoms with van der Waals surface area (Å²) in [5.74, 6) is -5.64. The van der Waals surface area contributed by atoms with Gasteiger partial charge in [-0.2, -0.15) is 0 Å². The fraction of sp³-hybridized carbons (Fsp3) is 0.400. The number of imide groups is 2. The van der Waals surface area contributed by atoms with Crippen LogP contribution in [-0.2, 0) is 32.3 Å². The highest BCUT2D eigenvalue weighted by atomic mass is 16.4.